The van der Waals surface area contributed by atoms with Crippen LogP contribution in [0.2, 0.25) is 5.15 Å². The van der Waals surface area contributed by atoms with E-state index in [0.29, 0.717) is 18.2 Å². The summed E-state index contributed by atoms with van der Waals surface area (Å²) in [4.78, 5) is 19.9. The van der Waals surface area contributed by atoms with Crippen molar-refractivity contribution < 1.29 is 0 Å². The van der Waals surface area contributed by atoms with Gasteiger partial charge in [0.25, 0.3) is 5.56 Å². The number of hydrogen-bond acceptors (Lipinski definition) is 4. The predicted molar refractivity (Wildman–Crippen MR) is 123 cm³/mol. The zero-order valence-corrected chi connectivity index (χ0v) is 18.6. The van der Waals surface area contributed by atoms with Gasteiger partial charge >= 0.3 is 0 Å². The van der Waals surface area contributed by atoms with Crippen molar-refractivity contribution in [1.29, 1.82) is 0 Å². The second-order valence-corrected chi connectivity index (χ2v) is 9.27. The largest absolute Gasteiger partial charge is 0.292 e. The first kappa shape index (κ1) is 19.3. The number of aromatic nitrogens is 4. The van der Waals surface area contributed by atoms with Crippen molar-refractivity contribution in [1.82, 2.24) is 19.3 Å². The van der Waals surface area contributed by atoms with Crippen molar-refractivity contribution in [2.45, 2.75) is 40.3 Å². The summed E-state index contributed by atoms with van der Waals surface area (Å²) in [6.07, 6.45) is 2.81. The normalized spacial score (nSPS) is 14.7. The van der Waals surface area contributed by atoms with Crippen molar-refractivity contribution in [2.24, 2.45) is 0 Å². The van der Waals surface area contributed by atoms with E-state index in [1.165, 1.54) is 0 Å². The Labute approximate surface area is 183 Å². The Morgan fingerprint density at radius 2 is 1.97 bits per heavy atom. The summed E-state index contributed by atoms with van der Waals surface area (Å²) in [7, 11) is 0. The lowest BCUT2D eigenvalue weighted by Gasteiger charge is -2.04. The Balaban J connectivity index is 1.58. The maximum absolute atomic E-state index is 13.1. The Morgan fingerprint density at radius 3 is 2.73 bits per heavy atom. The highest BCUT2D eigenvalue weighted by atomic mass is 35.5. The van der Waals surface area contributed by atoms with Crippen LogP contribution in [0.15, 0.2) is 35.1 Å². The Bertz CT molecular complexity index is 1380. The molecule has 0 fully saturated rings. The zero-order valence-electron chi connectivity index (χ0n) is 17.1. The fourth-order valence-corrected chi connectivity index (χ4v) is 5.34. The van der Waals surface area contributed by atoms with Gasteiger partial charge in [-0.1, -0.05) is 41.9 Å². The molecule has 0 spiro atoms. The van der Waals surface area contributed by atoms with Crippen LogP contribution in [-0.2, 0) is 13.1 Å². The lowest BCUT2D eigenvalue weighted by molar-refractivity contribution is 0.680. The van der Waals surface area contributed by atoms with Crippen LogP contribution < -0.4 is 5.56 Å². The zero-order chi connectivity index (χ0) is 21.0. The quantitative estimate of drug-likeness (QED) is 0.442. The van der Waals surface area contributed by atoms with Gasteiger partial charge in [-0.2, -0.15) is 5.10 Å². The standard InChI is InChI=1S/C23H21ClN4OS/c1-13-15(3)30-22-19(13)23(29)27-10-9-17(21(27)25-22)11-18-14(2)26-28(20(18)24)12-16-7-5-4-6-8-16/h4-8,11H,9-10,12H2,1-3H3/b17-11+. The minimum Gasteiger partial charge on any atom is -0.292 e. The molecule has 1 aliphatic rings. The van der Waals surface area contributed by atoms with Crippen LogP contribution in [0.4, 0.5) is 0 Å². The van der Waals surface area contributed by atoms with Crippen molar-refractivity contribution in [3.63, 3.8) is 0 Å². The molecule has 1 aromatic carbocycles. The topological polar surface area (TPSA) is 52.7 Å². The number of allylic oxidation sites excluding steroid dienone is 1. The molecule has 0 saturated heterocycles. The molecule has 7 heteroatoms. The van der Waals surface area contributed by atoms with Gasteiger partial charge in [0.1, 0.15) is 15.8 Å². The number of halogens is 1. The molecule has 5 rings (SSSR count). The summed E-state index contributed by atoms with van der Waals surface area (Å²) in [5, 5.41) is 6.00. The highest BCUT2D eigenvalue weighted by Crippen LogP contribution is 2.33. The number of rotatable bonds is 3. The van der Waals surface area contributed by atoms with E-state index < -0.39 is 0 Å². The van der Waals surface area contributed by atoms with Crippen LogP contribution in [0, 0.1) is 20.8 Å². The van der Waals surface area contributed by atoms with Crippen LogP contribution in [-0.4, -0.2) is 19.3 Å². The average Bonchev–Trinajstić information content (AvgIpc) is 3.34. The van der Waals surface area contributed by atoms with Gasteiger partial charge in [0, 0.05) is 17.0 Å². The summed E-state index contributed by atoms with van der Waals surface area (Å²) in [6, 6.07) is 10.1. The van der Waals surface area contributed by atoms with E-state index in [-0.39, 0.29) is 5.56 Å². The number of thiophene rings is 1. The number of nitrogens with zero attached hydrogens (tertiary/aromatic N) is 4. The molecule has 3 aromatic heterocycles. The van der Waals surface area contributed by atoms with Gasteiger partial charge in [0.2, 0.25) is 0 Å². The highest BCUT2D eigenvalue weighted by molar-refractivity contribution is 7.18. The van der Waals surface area contributed by atoms with Crippen LogP contribution in [0.1, 0.15) is 39.5 Å². The monoisotopic (exact) mass is 436 g/mol. The van der Waals surface area contributed by atoms with E-state index >= 15 is 0 Å². The molecule has 0 atom stereocenters. The summed E-state index contributed by atoms with van der Waals surface area (Å²) in [6.45, 7) is 7.26. The van der Waals surface area contributed by atoms with E-state index in [0.717, 1.165) is 55.3 Å². The number of benzene rings is 1. The summed E-state index contributed by atoms with van der Waals surface area (Å²) < 4.78 is 3.62. The van der Waals surface area contributed by atoms with Crippen LogP contribution in [0.5, 0.6) is 0 Å². The molecule has 0 radical (unpaired) electrons. The fraction of sp³-hybridized carbons (Fsp3) is 0.261. The molecule has 0 N–H and O–H groups in total. The third-order valence-electron chi connectivity index (χ3n) is 5.78. The van der Waals surface area contributed by atoms with E-state index in [1.54, 1.807) is 15.9 Å². The van der Waals surface area contributed by atoms with E-state index in [1.807, 2.05) is 43.7 Å². The van der Waals surface area contributed by atoms with Gasteiger partial charge in [-0.25, -0.2) is 9.67 Å². The maximum Gasteiger partial charge on any atom is 0.262 e. The summed E-state index contributed by atoms with van der Waals surface area (Å²) in [5.74, 6) is 0.750. The van der Waals surface area contributed by atoms with Crippen LogP contribution in [0.25, 0.3) is 21.9 Å². The number of hydrogen-bond donors (Lipinski definition) is 0. The molecule has 0 bridgehead atoms. The third kappa shape index (κ3) is 3.02. The molecule has 4 aromatic rings. The second-order valence-electron chi connectivity index (χ2n) is 7.71. The Hall–Kier alpha value is -2.70. The fourth-order valence-electron chi connectivity index (χ4n) is 4.03. The van der Waals surface area contributed by atoms with Crippen molar-refractivity contribution in [3.05, 3.63) is 78.9 Å². The first-order valence-electron chi connectivity index (χ1n) is 9.92. The molecular formula is C23H21ClN4OS. The van der Waals surface area contributed by atoms with Gasteiger partial charge < -0.3 is 0 Å². The predicted octanol–water partition coefficient (Wildman–Crippen LogP) is 5.23. The minimum atomic E-state index is 0.0582. The SMILES string of the molecule is Cc1nn(Cc2ccccc2)c(Cl)c1/C=C1\CCn2c1nc1sc(C)c(C)c1c2=O. The molecule has 5 nitrogen and oxygen atoms in total. The second kappa shape index (κ2) is 7.22. The van der Waals surface area contributed by atoms with Crippen LogP contribution in [0.3, 0.4) is 0 Å². The molecule has 4 heterocycles. The van der Waals surface area contributed by atoms with Crippen molar-refractivity contribution in [3.8, 4) is 0 Å². The molecule has 0 unspecified atom stereocenters. The Kier molecular flexibility index (Phi) is 4.64. The lowest BCUT2D eigenvalue weighted by Crippen LogP contribution is -2.20. The summed E-state index contributed by atoms with van der Waals surface area (Å²) in [5.41, 5.74) is 5.04. The lowest BCUT2D eigenvalue weighted by atomic mass is 10.1. The third-order valence-corrected chi connectivity index (χ3v) is 7.28. The molecular weight excluding hydrogens is 416 g/mol. The number of aryl methyl sites for hydroxylation is 3. The van der Waals surface area contributed by atoms with Crippen molar-refractivity contribution in [2.75, 3.05) is 0 Å². The van der Waals surface area contributed by atoms with Crippen LogP contribution >= 0.6 is 22.9 Å². The molecule has 30 heavy (non-hydrogen) atoms. The molecule has 0 saturated carbocycles. The van der Waals surface area contributed by atoms with Crippen molar-refractivity contribution >= 4 is 44.8 Å². The Morgan fingerprint density at radius 1 is 1.20 bits per heavy atom. The average molecular weight is 437 g/mol. The van der Waals surface area contributed by atoms with E-state index in [9.17, 15) is 4.79 Å². The maximum atomic E-state index is 13.1. The number of fused-ring (bicyclic) bond motifs is 2. The first-order valence-corrected chi connectivity index (χ1v) is 11.1. The molecule has 0 aliphatic carbocycles. The smallest absolute Gasteiger partial charge is 0.262 e. The minimum absolute atomic E-state index is 0.0582. The van der Waals surface area contributed by atoms with E-state index in [4.69, 9.17) is 16.6 Å². The van der Waals surface area contributed by atoms with Gasteiger partial charge in [0.15, 0.2) is 0 Å². The van der Waals surface area contributed by atoms with E-state index in [2.05, 4.69) is 23.3 Å². The van der Waals surface area contributed by atoms with Gasteiger partial charge in [-0.3, -0.25) is 9.36 Å². The van der Waals surface area contributed by atoms with Gasteiger partial charge in [-0.15, -0.1) is 11.3 Å². The molecule has 152 valence electrons. The van der Waals surface area contributed by atoms with Gasteiger partial charge in [-0.05, 0) is 50.0 Å². The summed E-state index contributed by atoms with van der Waals surface area (Å²) >= 11 is 8.29. The molecule has 0 amide bonds. The van der Waals surface area contributed by atoms with Gasteiger partial charge in [0.05, 0.1) is 17.6 Å². The highest BCUT2D eigenvalue weighted by Gasteiger charge is 2.24. The molecule has 1 aliphatic heterocycles. The first-order chi connectivity index (χ1) is 14.4.